The molecule has 2 aliphatic rings. The van der Waals surface area contributed by atoms with Crippen LogP contribution in [0.5, 0.6) is 0 Å². The van der Waals surface area contributed by atoms with Crippen LogP contribution in [-0.4, -0.2) is 22.2 Å². The molecular formula is C23H30N2O. The van der Waals surface area contributed by atoms with Crippen LogP contribution < -0.4 is 5.73 Å². The Balaban J connectivity index is 1.38. The highest BCUT2D eigenvalue weighted by atomic mass is 16.3. The van der Waals surface area contributed by atoms with E-state index in [2.05, 4.69) is 29.2 Å². The number of rotatable bonds is 5. The first-order valence-corrected chi connectivity index (χ1v) is 10.1. The summed E-state index contributed by atoms with van der Waals surface area (Å²) in [5.41, 5.74) is 11.8. The Labute approximate surface area is 156 Å². The van der Waals surface area contributed by atoms with Crippen LogP contribution in [0.1, 0.15) is 60.3 Å². The van der Waals surface area contributed by atoms with Crippen molar-refractivity contribution in [3.8, 4) is 0 Å². The first kappa shape index (κ1) is 17.7. The molecule has 0 unspecified atom stereocenters. The number of aromatic nitrogens is 1. The lowest BCUT2D eigenvalue weighted by molar-refractivity contribution is 0.198. The number of hydrogen-bond acceptors (Lipinski definition) is 3. The predicted octanol–water partition coefficient (Wildman–Crippen LogP) is 3.78. The van der Waals surface area contributed by atoms with Gasteiger partial charge in [-0.15, -0.1) is 0 Å². The third-order valence-corrected chi connectivity index (χ3v) is 6.55. The van der Waals surface area contributed by atoms with E-state index in [-0.39, 0.29) is 12.1 Å². The van der Waals surface area contributed by atoms with E-state index < -0.39 is 0 Å². The fraction of sp³-hybridized carbons (Fsp3) is 0.522. The molecule has 3 heteroatoms. The van der Waals surface area contributed by atoms with Gasteiger partial charge in [0.1, 0.15) is 0 Å². The van der Waals surface area contributed by atoms with Crippen LogP contribution in [0.4, 0.5) is 0 Å². The van der Waals surface area contributed by atoms with E-state index >= 15 is 0 Å². The molecule has 26 heavy (non-hydrogen) atoms. The van der Waals surface area contributed by atoms with Crippen LogP contribution in [0.25, 0.3) is 0 Å². The first-order valence-electron chi connectivity index (χ1n) is 10.1. The van der Waals surface area contributed by atoms with Gasteiger partial charge in [-0.25, -0.2) is 0 Å². The molecule has 4 rings (SSSR count). The maximum Gasteiger partial charge on any atom is 0.0611 e. The van der Waals surface area contributed by atoms with Crippen molar-refractivity contribution in [2.45, 2.75) is 62.8 Å². The molecule has 2 aliphatic carbocycles. The Morgan fingerprint density at radius 1 is 1.19 bits per heavy atom. The lowest BCUT2D eigenvalue weighted by Gasteiger charge is -2.26. The second-order valence-corrected chi connectivity index (χ2v) is 8.50. The average molecular weight is 351 g/mol. The molecule has 1 fully saturated rings. The number of benzene rings is 1. The van der Waals surface area contributed by atoms with Crippen LogP contribution in [0.15, 0.2) is 42.7 Å². The van der Waals surface area contributed by atoms with Crippen LogP contribution in [-0.2, 0) is 19.3 Å². The largest absolute Gasteiger partial charge is 0.394 e. The van der Waals surface area contributed by atoms with Gasteiger partial charge in [0.2, 0.25) is 0 Å². The molecule has 0 bridgehead atoms. The topological polar surface area (TPSA) is 59.1 Å². The number of nitrogens with two attached hydrogens (primary N) is 1. The van der Waals surface area contributed by atoms with E-state index in [9.17, 15) is 5.11 Å². The summed E-state index contributed by atoms with van der Waals surface area (Å²) in [7, 11) is 0. The number of aliphatic hydroxyl groups is 1. The standard InChI is InChI=1S/C23H30N2O/c24-23(16-26)10-9-22(14-23)21-8-7-19-12-17(5-6-20(19)13-21)3-4-18-2-1-11-25-15-18/h1-2,7-8,11,13,15,17,22,26H,3-6,9-10,12,14,16,24H2/t17-,22+,23-/m1/s1. The molecule has 2 aromatic rings. The van der Waals surface area contributed by atoms with Gasteiger partial charge >= 0.3 is 0 Å². The zero-order valence-corrected chi connectivity index (χ0v) is 15.5. The number of aryl methyl sites for hydroxylation is 2. The van der Waals surface area contributed by atoms with Gasteiger partial charge in [0.05, 0.1) is 6.61 Å². The summed E-state index contributed by atoms with van der Waals surface area (Å²) >= 11 is 0. The second kappa shape index (κ2) is 7.50. The Bertz CT molecular complexity index is 745. The molecule has 0 saturated heterocycles. The summed E-state index contributed by atoms with van der Waals surface area (Å²) in [6.07, 6.45) is 12.9. The number of pyridine rings is 1. The molecule has 1 heterocycles. The highest BCUT2D eigenvalue weighted by molar-refractivity contribution is 5.36. The zero-order valence-electron chi connectivity index (χ0n) is 15.5. The maximum absolute atomic E-state index is 9.52. The van der Waals surface area contributed by atoms with Crippen molar-refractivity contribution < 1.29 is 5.11 Å². The van der Waals surface area contributed by atoms with Crippen LogP contribution in [0.2, 0.25) is 0 Å². The molecule has 0 radical (unpaired) electrons. The van der Waals surface area contributed by atoms with Crippen LogP contribution in [0.3, 0.4) is 0 Å². The van der Waals surface area contributed by atoms with E-state index in [1.165, 1.54) is 42.4 Å². The molecule has 1 saturated carbocycles. The Hall–Kier alpha value is -1.71. The molecule has 138 valence electrons. The first-order chi connectivity index (χ1) is 12.6. The van der Waals surface area contributed by atoms with Crippen molar-refractivity contribution in [1.29, 1.82) is 0 Å². The molecule has 3 atom stereocenters. The normalized spacial score (nSPS) is 28.1. The lowest BCUT2D eigenvalue weighted by atomic mass is 9.79. The quantitative estimate of drug-likeness (QED) is 0.863. The van der Waals surface area contributed by atoms with E-state index in [0.717, 1.165) is 31.6 Å². The van der Waals surface area contributed by atoms with Gasteiger partial charge in [-0.05, 0) is 91.5 Å². The minimum atomic E-state index is -0.363. The van der Waals surface area contributed by atoms with Gasteiger partial charge in [0.25, 0.3) is 0 Å². The fourth-order valence-corrected chi connectivity index (χ4v) is 4.85. The van der Waals surface area contributed by atoms with Crippen LogP contribution in [0, 0.1) is 5.92 Å². The smallest absolute Gasteiger partial charge is 0.0611 e. The minimum Gasteiger partial charge on any atom is -0.394 e. The summed E-state index contributed by atoms with van der Waals surface area (Å²) in [4.78, 5) is 4.22. The van der Waals surface area contributed by atoms with Crippen molar-refractivity contribution in [3.05, 3.63) is 65.0 Å². The van der Waals surface area contributed by atoms with Crippen LogP contribution >= 0.6 is 0 Å². The summed E-state index contributed by atoms with van der Waals surface area (Å²) in [5, 5.41) is 9.52. The van der Waals surface area contributed by atoms with Crippen molar-refractivity contribution in [3.63, 3.8) is 0 Å². The summed E-state index contributed by atoms with van der Waals surface area (Å²) in [5.74, 6) is 1.30. The van der Waals surface area contributed by atoms with Gasteiger partial charge in [-0.2, -0.15) is 0 Å². The molecule has 0 amide bonds. The number of aliphatic hydroxyl groups excluding tert-OH is 1. The average Bonchev–Trinajstić information content (AvgIpc) is 3.09. The predicted molar refractivity (Wildman–Crippen MR) is 105 cm³/mol. The van der Waals surface area contributed by atoms with E-state index in [1.807, 2.05) is 18.5 Å². The van der Waals surface area contributed by atoms with Gasteiger partial charge < -0.3 is 10.8 Å². The van der Waals surface area contributed by atoms with Crippen molar-refractivity contribution in [2.24, 2.45) is 11.7 Å². The van der Waals surface area contributed by atoms with Crippen molar-refractivity contribution >= 4 is 0 Å². The third kappa shape index (κ3) is 3.84. The molecule has 0 aliphatic heterocycles. The van der Waals surface area contributed by atoms with Crippen molar-refractivity contribution in [2.75, 3.05) is 6.61 Å². The van der Waals surface area contributed by atoms with E-state index in [4.69, 9.17) is 5.73 Å². The number of nitrogens with zero attached hydrogens (tertiary/aromatic N) is 1. The SMILES string of the molecule is N[C@]1(CO)CC[C@H](c2ccc3c(c2)CC[C@@H](CCc2cccnc2)C3)C1. The van der Waals surface area contributed by atoms with E-state index in [1.54, 1.807) is 5.56 Å². The Kier molecular flexibility index (Phi) is 5.10. The maximum atomic E-state index is 9.52. The molecule has 1 aromatic heterocycles. The summed E-state index contributed by atoms with van der Waals surface area (Å²) in [6, 6.07) is 11.3. The molecule has 3 N–H and O–H groups in total. The highest BCUT2D eigenvalue weighted by Crippen LogP contribution is 2.40. The monoisotopic (exact) mass is 350 g/mol. The molecule has 0 spiro atoms. The minimum absolute atomic E-state index is 0.104. The second-order valence-electron chi connectivity index (χ2n) is 8.50. The summed E-state index contributed by atoms with van der Waals surface area (Å²) in [6.45, 7) is 0.104. The Morgan fingerprint density at radius 2 is 2.12 bits per heavy atom. The summed E-state index contributed by atoms with van der Waals surface area (Å²) < 4.78 is 0. The van der Waals surface area contributed by atoms with Gasteiger partial charge in [-0.1, -0.05) is 24.3 Å². The fourth-order valence-electron chi connectivity index (χ4n) is 4.85. The lowest BCUT2D eigenvalue weighted by Crippen LogP contribution is -2.40. The van der Waals surface area contributed by atoms with E-state index in [0.29, 0.717) is 5.92 Å². The third-order valence-electron chi connectivity index (χ3n) is 6.55. The van der Waals surface area contributed by atoms with Gasteiger partial charge in [0.15, 0.2) is 0 Å². The molecule has 3 nitrogen and oxygen atoms in total. The highest BCUT2D eigenvalue weighted by Gasteiger charge is 2.36. The number of fused-ring (bicyclic) bond motifs is 1. The number of hydrogen-bond donors (Lipinski definition) is 2. The van der Waals surface area contributed by atoms with Gasteiger partial charge in [0, 0.05) is 17.9 Å². The Morgan fingerprint density at radius 3 is 2.88 bits per heavy atom. The molecular weight excluding hydrogens is 320 g/mol. The van der Waals surface area contributed by atoms with Crippen molar-refractivity contribution in [1.82, 2.24) is 4.98 Å². The zero-order chi connectivity index (χ0) is 18.0. The van der Waals surface area contributed by atoms with Gasteiger partial charge in [-0.3, -0.25) is 4.98 Å². The molecule has 1 aromatic carbocycles.